The summed E-state index contributed by atoms with van der Waals surface area (Å²) in [6.45, 7) is 0. The monoisotopic (exact) mass is 226 g/mol. The van der Waals surface area contributed by atoms with Crippen LogP contribution in [-0.4, -0.2) is 15.1 Å². The van der Waals surface area contributed by atoms with E-state index in [2.05, 4.69) is 9.97 Å². The van der Waals surface area contributed by atoms with Crippen LogP contribution in [0.3, 0.4) is 0 Å². The Hall–Kier alpha value is -0.970. The summed E-state index contributed by atoms with van der Waals surface area (Å²) >= 11 is 7.31. The summed E-state index contributed by atoms with van der Waals surface area (Å²) in [4.78, 5) is 8.40. The molecule has 1 N–H and O–H groups in total. The number of thiophene rings is 1. The van der Waals surface area contributed by atoms with Gasteiger partial charge < -0.3 is 5.11 Å². The normalized spacial score (nSPS) is 12.7. The minimum absolute atomic E-state index is 0.575. The molecule has 0 aliphatic rings. The molecule has 0 aromatic carbocycles. The van der Waals surface area contributed by atoms with E-state index >= 15 is 0 Å². The van der Waals surface area contributed by atoms with E-state index in [0.29, 0.717) is 10.6 Å². The van der Waals surface area contributed by atoms with Gasteiger partial charge in [0.1, 0.15) is 12.4 Å². The fraction of sp³-hybridized carbons (Fsp3) is 0.111. The molecule has 72 valence electrons. The van der Waals surface area contributed by atoms with Crippen LogP contribution in [0.1, 0.15) is 16.5 Å². The van der Waals surface area contributed by atoms with Crippen LogP contribution in [0.5, 0.6) is 0 Å². The van der Waals surface area contributed by atoms with Crippen molar-refractivity contribution in [1.29, 1.82) is 0 Å². The average molecular weight is 227 g/mol. The highest BCUT2D eigenvalue weighted by atomic mass is 35.5. The molecule has 2 rings (SSSR count). The third kappa shape index (κ3) is 1.77. The number of nitrogens with zero attached hydrogens (tertiary/aromatic N) is 2. The second-order valence-electron chi connectivity index (χ2n) is 2.71. The average Bonchev–Trinajstić information content (AvgIpc) is 2.65. The van der Waals surface area contributed by atoms with Gasteiger partial charge in [0, 0.05) is 18.0 Å². The van der Waals surface area contributed by atoms with Crippen LogP contribution in [0.2, 0.25) is 5.02 Å². The Labute approximate surface area is 90.0 Å². The lowest BCUT2D eigenvalue weighted by molar-refractivity contribution is 0.223. The second kappa shape index (κ2) is 4.04. The van der Waals surface area contributed by atoms with Crippen LogP contribution in [-0.2, 0) is 0 Å². The zero-order chi connectivity index (χ0) is 9.97. The van der Waals surface area contributed by atoms with E-state index in [0.717, 1.165) is 4.88 Å². The molecule has 0 saturated carbocycles. The van der Waals surface area contributed by atoms with Gasteiger partial charge in [-0.05, 0) is 11.4 Å². The molecule has 14 heavy (non-hydrogen) atoms. The fourth-order valence-corrected chi connectivity index (χ4v) is 2.27. The van der Waals surface area contributed by atoms with Gasteiger partial charge in [-0.25, -0.2) is 9.97 Å². The van der Waals surface area contributed by atoms with Crippen molar-refractivity contribution in [3.05, 3.63) is 45.6 Å². The Kier molecular flexibility index (Phi) is 2.77. The summed E-state index contributed by atoms with van der Waals surface area (Å²) in [6.07, 6.45) is 3.84. The van der Waals surface area contributed by atoms with E-state index < -0.39 is 6.10 Å². The number of hydrogen-bond acceptors (Lipinski definition) is 4. The van der Waals surface area contributed by atoms with Gasteiger partial charge in [-0.3, -0.25) is 0 Å². The number of halogens is 1. The summed E-state index contributed by atoms with van der Waals surface area (Å²) in [5.41, 5.74) is 0.650. The molecular weight excluding hydrogens is 220 g/mol. The van der Waals surface area contributed by atoms with Crippen molar-refractivity contribution >= 4 is 22.9 Å². The standard InChI is InChI=1S/C9H7ClN2OS/c10-7-1-2-14-9(7)8(13)6-3-11-5-12-4-6/h1-5,8,13H. The topological polar surface area (TPSA) is 46.0 Å². The van der Waals surface area contributed by atoms with E-state index in [4.69, 9.17) is 11.6 Å². The first-order chi connectivity index (χ1) is 6.79. The molecule has 0 aliphatic heterocycles. The van der Waals surface area contributed by atoms with E-state index in [1.54, 1.807) is 18.5 Å². The summed E-state index contributed by atoms with van der Waals surface area (Å²) in [5.74, 6) is 0. The molecule has 2 heterocycles. The van der Waals surface area contributed by atoms with Crippen molar-refractivity contribution in [2.75, 3.05) is 0 Å². The first kappa shape index (κ1) is 9.58. The summed E-state index contributed by atoms with van der Waals surface area (Å²) in [6, 6.07) is 1.76. The van der Waals surface area contributed by atoms with Crippen molar-refractivity contribution in [2.45, 2.75) is 6.10 Å². The van der Waals surface area contributed by atoms with Crippen molar-refractivity contribution in [2.24, 2.45) is 0 Å². The first-order valence-electron chi connectivity index (χ1n) is 3.95. The third-order valence-electron chi connectivity index (χ3n) is 1.79. The van der Waals surface area contributed by atoms with Crippen LogP contribution in [0.25, 0.3) is 0 Å². The second-order valence-corrected chi connectivity index (χ2v) is 4.06. The van der Waals surface area contributed by atoms with Gasteiger partial charge >= 0.3 is 0 Å². The van der Waals surface area contributed by atoms with Gasteiger partial charge in [0.2, 0.25) is 0 Å². The van der Waals surface area contributed by atoms with Crippen molar-refractivity contribution in [1.82, 2.24) is 9.97 Å². The first-order valence-corrected chi connectivity index (χ1v) is 5.20. The molecule has 0 amide bonds. The van der Waals surface area contributed by atoms with Crippen molar-refractivity contribution < 1.29 is 5.11 Å². The molecule has 0 saturated heterocycles. The Bertz CT molecular complexity index is 418. The minimum atomic E-state index is -0.733. The number of hydrogen-bond donors (Lipinski definition) is 1. The molecule has 1 unspecified atom stereocenters. The third-order valence-corrected chi connectivity index (χ3v) is 3.20. The highest BCUT2D eigenvalue weighted by Crippen LogP contribution is 2.31. The highest BCUT2D eigenvalue weighted by Gasteiger charge is 2.15. The van der Waals surface area contributed by atoms with E-state index in [-0.39, 0.29) is 0 Å². The maximum absolute atomic E-state index is 9.91. The number of aliphatic hydroxyl groups is 1. The van der Waals surface area contributed by atoms with Crippen LogP contribution < -0.4 is 0 Å². The van der Waals surface area contributed by atoms with Gasteiger partial charge in [0.25, 0.3) is 0 Å². The lowest BCUT2D eigenvalue weighted by Gasteiger charge is -2.07. The molecule has 0 spiro atoms. The van der Waals surface area contributed by atoms with Gasteiger partial charge in [0.05, 0.1) is 9.90 Å². The quantitative estimate of drug-likeness (QED) is 0.855. The van der Waals surface area contributed by atoms with Crippen LogP contribution in [0, 0.1) is 0 Å². The van der Waals surface area contributed by atoms with E-state index in [1.807, 2.05) is 5.38 Å². The van der Waals surface area contributed by atoms with Crippen molar-refractivity contribution in [3.63, 3.8) is 0 Å². The van der Waals surface area contributed by atoms with Crippen LogP contribution in [0.4, 0.5) is 0 Å². The maximum atomic E-state index is 9.91. The largest absolute Gasteiger partial charge is 0.383 e. The van der Waals surface area contributed by atoms with Crippen LogP contribution in [0.15, 0.2) is 30.2 Å². The van der Waals surface area contributed by atoms with Gasteiger partial charge in [-0.15, -0.1) is 11.3 Å². The predicted molar refractivity (Wildman–Crippen MR) is 55.4 cm³/mol. The zero-order valence-electron chi connectivity index (χ0n) is 7.09. The molecule has 1 atom stereocenters. The number of aromatic nitrogens is 2. The summed E-state index contributed by atoms with van der Waals surface area (Å²) < 4.78 is 0. The Morgan fingerprint density at radius 2 is 2.07 bits per heavy atom. The van der Waals surface area contributed by atoms with E-state index in [1.165, 1.54) is 17.7 Å². The predicted octanol–water partition coefficient (Wildman–Crippen LogP) is 2.27. The molecule has 2 aromatic rings. The Morgan fingerprint density at radius 3 is 2.64 bits per heavy atom. The van der Waals surface area contributed by atoms with Crippen LogP contribution >= 0.6 is 22.9 Å². The number of aliphatic hydroxyl groups excluding tert-OH is 1. The lowest BCUT2D eigenvalue weighted by atomic mass is 10.2. The van der Waals surface area contributed by atoms with Gasteiger partial charge in [0.15, 0.2) is 0 Å². The molecule has 0 radical (unpaired) electrons. The zero-order valence-corrected chi connectivity index (χ0v) is 8.66. The summed E-state index contributed by atoms with van der Waals surface area (Å²) in [7, 11) is 0. The minimum Gasteiger partial charge on any atom is -0.383 e. The SMILES string of the molecule is OC(c1cncnc1)c1sccc1Cl. The molecular formula is C9H7ClN2OS. The highest BCUT2D eigenvalue weighted by molar-refractivity contribution is 7.10. The van der Waals surface area contributed by atoms with Gasteiger partial charge in [-0.1, -0.05) is 11.6 Å². The fourth-order valence-electron chi connectivity index (χ4n) is 1.10. The molecule has 0 fully saturated rings. The molecule has 2 aromatic heterocycles. The lowest BCUT2D eigenvalue weighted by Crippen LogP contribution is -1.98. The molecule has 5 heteroatoms. The van der Waals surface area contributed by atoms with E-state index in [9.17, 15) is 5.11 Å². The Morgan fingerprint density at radius 1 is 1.36 bits per heavy atom. The van der Waals surface area contributed by atoms with Gasteiger partial charge in [-0.2, -0.15) is 0 Å². The smallest absolute Gasteiger partial charge is 0.118 e. The number of rotatable bonds is 2. The van der Waals surface area contributed by atoms with Crippen molar-refractivity contribution in [3.8, 4) is 0 Å². The summed E-state index contributed by atoms with van der Waals surface area (Å²) in [5, 5.41) is 12.3. The molecule has 3 nitrogen and oxygen atoms in total. The molecule has 0 aliphatic carbocycles. The Balaban J connectivity index is 2.34. The maximum Gasteiger partial charge on any atom is 0.118 e. The molecule has 0 bridgehead atoms.